The van der Waals surface area contributed by atoms with Gasteiger partial charge in [-0.3, -0.25) is 9.59 Å². The van der Waals surface area contributed by atoms with E-state index in [1.54, 1.807) is 42.5 Å². The minimum Gasteiger partial charge on any atom is -0.495 e. The van der Waals surface area contributed by atoms with Crippen LogP contribution in [0.25, 0.3) is 0 Å². The number of nitrogens with one attached hydrogen (secondary N) is 2. The van der Waals surface area contributed by atoms with Crippen molar-refractivity contribution in [2.45, 2.75) is 13.0 Å². The van der Waals surface area contributed by atoms with Crippen molar-refractivity contribution in [3.63, 3.8) is 0 Å². The highest BCUT2D eigenvalue weighted by Gasteiger charge is 2.11. The summed E-state index contributed by atoms with van der Waals surface area (Å²) in [7, 11) is 1.52. The van der Waals surface area contributed by atoms with Gasteiger partial charge in [-0.15, -0.1) is 0 Å². The van der Waals surface area contributed by atoms with Crippen LogP contribution in [-0.4, -0.2) is 25.5 Å². The van der Waals surface area contributed by atoms with Gasteiger partial charge in [0.05, 0.1) is 25.8 Å². The molecule has 3 rings (SSSR count). The van der Waals surface area contributed by atoms with Crippen LogP contribution in [0.15, 0.2) is 72.8 Å². The number of anilines is 1. The Labute approximate surface area is 186 Å². The zero-order valence-electron chi connectivity index (χ0n) is 17.1. The van der Waals surface area contributed by atoms with Crippen molar-refractivity contribution in [3.05, 3.63) is 88.9 Å². The maximum Gasteiger partial charge on any atom is 0.255 e. The van der Waals surface area contributed by atoms with E-state index in [9.17, 15) is 9.59 Å². The summed E-state index contributed by atoms with van der Waals surface area (Å²) < 4.78 is 10.8. The number of benzene rings is 3. The third kappa shape index (κ3) is 6.76. The van der Waals surface area contributed by atoms with Crippen LogP contribution in [0.5, 0.6) is 11.5 Å². The molecule has 0 saturated carbocycles. The lowest BCUT2D eigenvalue weighted by atomic mass is 10.1. The van der Waals surface area contributed by atoms with E-state index < -0.39 is 0 Å². The maximum atomic E-state index is 12.5. The summed E-state index contributed by atoms with van der Waals surface area (Å²) in [4.78, 5) is 24.5. The van der Waals surface area contributed by atoms with Crippen LogP contribution >= 0.6 is 11.6 Å². The molecule has 0 bridgehead atoms. The van der Waals surface area contributed by atoms with Gasteiger partial charge < -0.3 is 20.1 Å². The molecule has 31 heavy (non-hydrogen) atoms. The number of carbonyl (C=O) groups is 2. The number of rotatable bonds is 9. The maximum absolute atomic E-state index is 12.5. The normalized spacial score (nSPS) is 10.3. The summed E-state index contributed by atoms with van der Waals surface area (Å²) in [6.07, 6.45) is 0.261. The minimum absolute atomic E-state index is 0.106. The molecule has 0 saturated heterocycles. The summed E-state index contributed by atoms with van der Waals surface area (Å²) in [5.74, 6) is 0.868. The molecule has 3 aromatic carbocycles. The summed E-state index contributed by atoms with van der Waals surface area (Å²) in [6.45, 7) is 0.677. The summed E-state index contributed by atoms with van der Waals surface area (Å²) in [5.41, 5.74) is 1.86. The zero-order valence-corrected chi connectivity index (χ0v) is 17.8. The minimum atomic E-state index is -0.283. The van der Waals surface area contributed by atoms with Crippen LogP contribution in [0.4, 0.5) is 5.69 Å². The van der Waals surface area contributed by atoms with Crippen molar-refractivity contribution in [1.29, 1.82) is 0 Å². The lowest BCUT2D eigenvalue weighted by Gasteiger charge is -2.11. The van der Waals surface area contributed by atoms with Gasteiger partial charge in [0.25, 0.3) is 5.91 Å². The Morgan fingerprint density at radius 3 is 2.42 bits per heavy atom. The highest BCUT2D eigenvalue weighted by atomic mass is 35.5. The highest BCUT2D eigenvalue weighted by Crippen LogP contribution is 2.28. The highest BCUT2D eigenvalue weighted by molar-refractivity contribution is 6.31. The lowest BCUT2D eigenvalue weighted by molar-refractivity contribution is -0.121. The van der Waals surface area contributed by atoms with E-state index in [0.29, 0.717) is 35.2 Å². The Hall–Kier alpha value is -3.51. The van der Waals surface area contributed by atoms with Crippen LogP contribution in [-0.2, 0) is 11.3 Å². The second-order valence-electron chi connectivity index (χ2n) is 6.68. The smallest absolute Gasteiger partial charge is 0.255 e. The molecule has 160 valence electrons. The van der Waals surface area contributed by atoms with Gasteiger partial charge in [-0.2, -0.15) is 0 Å². The van der Waals surface area contributed by atoms with Gasteiger partial charge in [-0.25, -0.2) is 0 Å². The van der Waals surface area contributed by atoms with E-state index in [4.69, 9.17) is 21.1 Å². The van der Waals surface area contributed by atoms with E-state index in [0.717, 1.165) is 11.3 Å². The van der Waals surface area contributed by atoms with Gasteiger partial charge in [-0.1, -0.05) is 41.9 Å². The monoisotopic (exact) mass is 438 g/mol. The third-order valence-electron chi connectivity index (χ3n) is 4.46. The number of hydrogen-bond acceptors (Lipinski definition) is 4. The van der Waals surface area contributed by atoms with Gasteiger partial charge in [0.2, 0.25) is 5.91 Å². The Bertz CT molecular complexity index is 1020. The number of hydrogen-bond donors (Lipinski definition) is 2. The molecule has 0 fully saturated rings. The standard InChI is InChI=1S/C24H23ClN2O4/c1-30-22-12-11-19(25)15-21(22)27-24(29)18-9-7-17(8-10-18)16-26-23(28)13-14-31-20-5-3-2-4-6-20/h2-12,15H,13-14,16H2,1H3,(H,26,28)(H,27,29). The SMILES string of the molecule is COc1ccc(Cl)cc1NC(=O)c1ccc(CNC(=O)CCOc2ccccc2)cc1. The Balaban J connectivity index is 1.47. The van der Waals surface area contributed by atoms with Crippen molar-refractivity contribution < 1.29 is 19.1 Å². The second-order valence-corrected chi connectivity index (χ2v) is 7.12. The quantitative estimate of drug-likeness (QED) is 0.508. The molecule has 3 aromatic rings. The van der Waals surface area contributed by atoms with Gasteiger partial charge >= 0.3 is 0 Å². The molecular weight excluding hydrogens is 416 g/mol. The van der Waals surface area contributed by atoms with E-state index in [1.807, 2.05) is 30.3 Å². The Kier molecular flexibility index (Phi) is 7.90. The third-order valence-corrected chi connectivity index (χ3v) is 4.69. The average Bonchev–Trinajstić information content (AvgIpc) is 2.79. The van der Waals surface area contributed by atoms with Crippen LogP contribution in [0.3, 0.4) is 0 Å². The van der Waals surface area contributed by atoms with Crippen molar-refractivity contribution in [3.8, 4) is 11.5 Å². The van der Waals surface area contributed by atoms with Crippen LogP contribution < -0.4 is 20.1 Å². The summed E-state index contributed by atoms with van der Waals surface area (Å²) >= 11 is 6.00. The first-order valence-corrected chi connectivity index (χ1v) is 10.1. The molecule has 0 aromatic heterocycles. The van der Waals surface area contributed by atoms with Crippen molar-refractivity contribution >= 4 is 29.1 Å². The molecule has 7 heteroatoms. The molecule has 0 aliphatic heterocycles. The molecule has 2 N–H and O–H groups in total. The van der Waals surface area contributed by atoms with Crippen LogP contribution in [0.2, 0.25) is 5.02 Å². The predicted molar refractivity (Wildman–Crippen MR) is 121 cm³/mol. The zero-order chi connectivity index (χ0) is 22.1. The van der Waals surface area contributed by atoms with Gasteiger partial charge in [0.15, 0.2) is 0 Å². The van der Waals surface area contributed by atoms with E-state index >= 15 is 0 Å². The first kappa shape index (κ1) is 22.2. The first-order valence-electron chi connectivity index (χ1n) is 9.73. The van der Waals surface area contributed by atoms with Crippen LogP contribution in [0, 0.1) is 0 Å². The fourth-order valence-electron chi connectivity index (χ4n) is 2.81. The molecule has 0 radical (unpaired) electrons. The van der Waals surface area contributed by atoms with Crippen LogP contribution in [0.1, 0.15) is 22.3 Å². The number of carbonyl (C=O) groups excluding carboxylic acids is 2. The molecule has 0 aliphatic carbocycles. The lowest BCUT2D eigenvalue weighted by Crippen LogP contribution is -2.24. The van der Waals surface area contributed by atoms with Crippen molar-refractivity contribution in [2.24, 2.45) is 0 Å². The van der Waals surface area contributed by atoms with E-state index in [1.165, 1.54) is 7.11 Å². The summed E-state index contributed by atoms with van der Waals surface area (Å²) in [5, 5.41) is 6.13. The number of ether oxygens (including phenoxy) is 2. The molecule has 6 nitrogen and oxygen atoms in total. The largest absolute Gasteiger partial charge is 0.495 e. The topological polar surface area (TPSA) is 76.7 Å². The number of methoxy groups -OCH3 is 1. The molecule has 0 aliphatic rings. The molecule has 0 spiro atoms. The number of amides is 2. The van der Waals surface area contributed by atoms with Gasteiger partial charge in [0.1, 0.15) is 11.5 Å². The molecular formula is C24H23ClN2O4. The van der Waals surface area contributed by atoms with E-state index in [-0.39, 0.29) is 18.2 Å². The first-order chi connectivity index (χ1) is 15.0. The predicted octanol–water partition coefficient (Wildman–Crippen LogP) is 4.69. The fourth-order valence-corrected chi connectivity index (χ4v) is 2.99. The van der Waals surface area contributed by atoms with Crippen molar-refractivity contribution in [2.75, 3.05) is 19.0 Å². The average molecular weight is 439 g/mol. The van der Waals surface area contributed by atoms with E-state index in [2.05, 4.69) is 10.6 Å². The number of halogens is 1. The van der Waals surface area contributed by atoms with Crippen molar-refractivity contribution in [1.82, 2.24) is 5.32 Å². The Morgan fingerprint density at radius 1 is 0.968 bits per heavy atom. The molecule has 0 unspecified atom stereocenters. The summed E-state index contributed by atoms with van der Waals surface area (Å²) in [6, 6.07) is 21.4. The van der Waals surface area contributed by atoms with Gasteiger partial charge in [-0.05, 0) is 48.0 Å². The Morgan fingerprint density at radius 2 is 1.71 bits per heavy atom. The molecule has 0 heterocycles. The molecule has 2 amide bonds. The van der Waals surface area contributed by atoms with Gasteiger partial charge in [0, 0.05) is 17.1 Å². The fraction of sp³-hybridized carbons (Fsp3) is 0.167. The number of para-hydroxylation sites is 1. The molecule has 0 atom stereocenters. The second kappa shape index (κ2) is 11.0.